The zero-order valence-corrected chi connectivity index (χ0v) is 11.4. The van der Waals surface area contributed by atoms with E-state index in [4.69, 9.17) is 23.7 Å². The zero-order chi connectivity index (χ0) is 14.9. The lowest BCUT2D eigenvalue weighted by atomic mass is 9.91. The van der Waals surface area contributed by atoms with Gasteiger partial charge in [-0.1, -0.05) is 6.92 Å². The van der Waals surface area contributed by atoms with E-state index in [-0.39, 0.29) is 12.5 Å². The van der Waals surface area contributed by atoms with Crippen LogP contribution >= 0.6 is 0 Å². The Morgan fingerprint density at radius 1 is 1.15 bits per heavy atom. The second-order valence-electron chi connectivity index (χ2n) is 4.73. The standard InChI is InChI=1S/C12H16O8/c1-5-8(4-16-6(2)13)18-11(17-7(3)14)10-9(5)19-12(15)20-10/h5,8-11H,4H2,1-3H3/t5-,8?,9+,10?,11?/m1/s1. The van der Waals surface area contributed by atoms with Crippen molar-refractivity contribution in [2.75, 3.05) is 6.61 Å². The largest absolute Gasteiger partial charge is 0.509 e. The Labute approximate surface area is 115 Å². The molecule has 112 valence electrons. The third-order valence-corrected chi connectivity index (χ3v) is 3.20. The molecule has 0 aliphatic carbocycles. The lowest BCUT2D eigenvalue weighted by molar-refractivity contribution is -0.257. The fourth-order valence-electron chi connectivity index (χ4n) is 2.24. The summed E-state index contributed by atoms with van der Waals surface area (Å²) < 4.78 is 25.4. The fraction of sp³-hybridized carbons (Fsp3) is 0.750. The van der Waals surface area contributed by atoms with Gasteiger partial charge >= 0.3 is 18.1 Å². The SMILES string of the molecule is CC(=O)OCC1OC(OC(C)=O)C2OC(=O)O[C@H]2[C@@H]1C. The highest BCUT2D eigenvalue weighted by Crippen LogP contribution is 2.35. The number of ether oxygens (including phenoxy) is 5. The van der Waals surface area contributed by atoms with Crippen LogP contribution in [-0.4, -0.2) is 49.3 Å². The van der Waals surface area contributed by atoms with Crippen molar-refractivity contribution in [1.82, 2.24) is 0 Å². The molecule has 0 radical (unpaired) electrons. The molecular weight excluding hydrogens is 272 g/mol. The Morgan fingerprint density at radius 2 is 1.80 bits per heavy atom. The summed E-state index contributed by atoms with van der Waals surface area (Å²) in [7, 11) is 0. The van der Waals surface area contributed by atoms with Gasteiger partial charge in [-0.25, -0.2) is 4.79 Å². The molecule has 8 nitrogen and oxygen atoms in total. The molecule has 2 rings (SSSR count). The highest BCUT2D eigenvalue weighted by atomic mass is 16.8. The third kappa shape index (κ3) is 3.01. The minimum atomic E-state index is -1.07. The van der Waals surface area contributed by atoms with Crippen LogP contribution in [0.2, 0.25) is 0 Å². The normalized spacial score (nSPS) is 35.5. The van der Waals surface area contributed by atoms with Crippen molar-refractivity contribution in [2.24, 2.45) is 5.92 Å². The smallest absolute Gasteiger partial charge is 0.463 e. The van der Waals surface area contributed by atoms with E-state index in [1.54, 1.807) is 6.92 Å². The first-order valence-electron chi connectivity index (χ1n) is 6.21. The minimum absolute atomic E-state index is 0.0188. The van der Waals surface area contributed by atoms with Gasteiger partial charge in [0.05, 0.1) is 0 Å². The lowest BCUT2D eigenvalue weighted by Crippen LogP contribution is -2.54. The molecule has 2 aliphatic rings. The van der Waals surface area contributed by atoms with Crippen molar-refractivity contribution < 1.29 is 38.1 Å². The van der Waals surface area contributed by atoms with Crippen molar-refractivity contribution in [3.8, 4) is 0 Å². The molecule has 2 heterocycles. The number of rotatable bonds is 3. The van der Waals surface area contributed by atoms with Crippen molar-refractivity contribution >= 4 is 18.1 Å². The van der Waals surface area contributed by atoms with Gasteiger partial charge in [-0.05, 0) is 0 Å². The van der Waals surface area contributed by atoms with E-state index in [2.05, 4.69) is 0 Å². The summed E-state index contributed by atoms with van der Waals surface area (Å²) in [6, 6.07) is 0. The number of esters is 2. The van der Waals surface area contributed by atoms with Crippen LogP contribution in [0.25, 0.3) is 0 Å². The summed E-state index contributed by atoms with van der Waals surface area (Å²) in [5.74, 6) is -1.29. The van der Waals surface area contributed by atoms with Crippen LogP contribution in [0, 0.1) is 5.92 Å². The first-order chi connectivity index (χ1) is 9.38. The Morgan fingerprint density at radius 3 is 2.40 bits per heavy atom. The average molecular weight is 288 g/mol. The zero-order valence-electron chi connectivity index (χ0n) is 11.4. The maximum absolute atomic E-state index is 11.2. The van der Waals surface area contributed by atoms with Crippen LogP contribution in [0.4, 0.5) is 4.79 Å². The van der Waals surface area contributed by atoms with E-state index in [1.165, 1.54) is 13.8 Å². The Balaban J connectivity index is 2.10. The van der Waals surface area contributed by atoms with Gasteiger partial charge in [0.1, 0.15) is 12.7 Å². The predicted octanol–water partition coefficient (Wildman–Crippen LogP) is 0.378. The second kappa shape index (κ2) is 5.66. The first kappa shape index (κ1) is 14.6. The molecule has 0 aromatic rings. The number of hydrogen-bond donors (Lipinski definition) is 0. The van der Waals surface area contributed by atoms with E-state index >= 15 is 0 Å². The van der Waals surface area contributed by atoms with Crippen molar-refractivity contribution in [3.05, 3.63) is 0 Å². The van der Waals surface area contributed by atoms with Crippen LogP contribution in [0.3, 0.4) is 0 Å². The number of hydrogen-bond acceptors (Lipinski definition) is 8. The minimum Gasteiger partial charge on any atom is -0.463 e. The van der Waals surface area contributed by atoms with Crippen LogP contribution in [0.15, 0.2) is 0 Å². The fourth-order valence-corrected chi connectivity index (χ4v) is 2.24. The van der Waals surface area contributed by atoms with Crippen LogP contribution in [0.5, 0.6) is 0 Å². The van der Waals surface area contributed by atoms with Gasteiger partial charge in [0.2, 0.25) is 12.4 Å². The van der Waals surface area contributed by atoms with Gasteiger partial charge in [0.25, 0.3) is 0 Å². The molecule has 0 aromatic carbocycles. The van der Waals surface area contributed by atoms with Crippen molar-refractivity contribution in [1.29, 1.82) is 0 Å². The molecule has 0 spiro atoms. The monoisotopic (exact) mass is 288 g/mol. The molecule has 0 aromatic heterocycles. The Hall–Kier alpha value is -1.83. The lowest BCUT2D eigenvalue weighted by Gasteiger charge is -2.38. The summed E-state index contributed by atoms with van der Waals surface area (Å²) in [5, 5.41) is 0. The summed E-state index contributed by atoms with van der Waals surface area (Å²) in [4.78, 5) is 33.2. The van der Waals surface area contributed by atoms with E-state index in [1.807, 2.05) is 0 Å². The molecule has 2 fully saturated rings. The molecule has 3 unspecified atom stereocenters. The number of fused-ring (bicyclic) bond motifs is 1. The Bertz CT molecular complexity index is 420. The van der Waals surface area contributed by atoms with Crippen molar-refractivity contribution in [2.45, 2.75) is 45.4 Å². The topological polar surface area (TPSA) is 97.4 Å². The van der Waals surface area contributed by atoms with E-state index in [0.717, 1.165) is 0 Å². The van der Waals surface area contributed by atoms with Crippen LogP contribution < -0.4 is 0 Å². The molecule has 8 heteroatoms. The first-order valence-corrected chi connectivity index (χ1v) is 6.21. The summed E-state index contributed by atoms with van der Waals surface area (Å²) >= 11 is 0. The molecule has 0 bridgehead atoms. The maximum atomic E-state index is 11.2. The molecule has 5 atom stereocenters. The van der Waals surface area contributed by atoms with Crippen molar-refractivity contribution in [3.63, 3.8) is 0 Å². The van der Waals surface area contributed by atoms with Gasteiger partial charge < -0.3 is 23.7 Å². The molecule has 0 amide bonds. The van der Waals surface area contributed by atoms with Crippen LogP contribution in [-0.2, 0) is 33.3 Å². The van der Waals surface area contributed by atoms with Gasteiger partial charge in [0, 0.05) is 19.8 Å². The number of carbonyl (C=O) groups excluding carboxylic acids is 3. The molecule has 20 heavy (non-hydrogen) atoms. The summed E-state index contributed by atoms with van der Waals surface area (Å²) in [6.45, 7) is 4.25. The molecule has 2 saturated heterocycles. The van der Waals surface area contributed by atoms with Gasteiger partial charge in [0.15, 0.2) is 6.10 Å². The molecule has 0 saturated carbocycles. The van der Waals surface area contributed by atoms with Gasteiger partial charge in [-0.2, -0.15) is 0 Å². The van der Waals surface area contributed by atoms with E-state index in [0.29, 0.717) is 0 Å². The third-order valence-electron chi connectivity index (χ3n) is 3.20. The Kier molecular flexibility index (Phi) is 4.12. The molecular formula is C12H16O8. The molecule has 2 aliphatic heterocycles. The highest BCUT2D eigenvalue weighted by Gasteiger charge is 2.54. The van der Waals surface area contributed by atoms with Gasteiger partial charge in [-0.3, -0.25) is 9.59 Å². The molecule has 0 N–H and O–H groups in total. The summed E-state index contributed by atoms with van der Waals surface area (Å²) in [6.07, 6.45) is -3.88. The van der Waals surface area contributed by atoms with Gasteiger partial charge in [-0.15, -0.1) is 0 Å². The summed E-state index contributed by atoms with van der Waals surface area (Å²) in [5.41, 5.74) is 0. The average Bonchev–Trinajstić information content (AvgIpc) is 2.73. The van der Waals surface area contributed by atoms with Crippen LogP contribution in [0.1, 0.15) is 20.8 Å². The van der Waals surface area contributed by atoms with E-state index < -0.39 is 42.7 Å². The predicted molar refractivity (Wildman–Crippen MR) is 61.4 cm³/mol. The number of carbonyl (C=O) groups is 3. The quantitative estimate of drug-likeness (QED) is 0.543. The maximum Gasteiger partial charge on any atom is 0.509 e. The van der Waals surface area contributed by atoms with E-state index in [9.17, 15) is 14.4 Å². The second-order valence-corrected chi connectivity index (χ2v) is 4.73. The highest BCUT2D eigenvalue weighted by molar-refractivity contribution is 5.67.